The van der Waals surface area contributed by atoms with Crippen LogP contribution in [0.1, 0.15) is 0 Å². The number of sulfonamides is 1. The Morgan fingerprint density at radius 3 is 2.33 bits per heavy atom. The second-order valence-corrected chi connectivity index (χ2v) is 8.66. The Labute approximate surface area is 174 Å². The average molecular weight is 430 g/mol. The Hall–Kier alpha value is -3.15. The Balaban J connectivity index is 1.27. The third kappa shape index (κ3) is 4.37. The highest BCUT2D eigenvalue weighted by atomic mass is 32.2. The van der Waals surface area contributed by atoms with Crippen molar-refractivity contribution < 1.29 is 17.9 Å². The zero-order valence-corrected chi connectivity index (χ0v) is 17.0. The Morgan fingerprint density at radius 1 is 1.00 bits per heavy atom. The molecule has 2 aliphatic heterocycles. The van der Waals surface area contributed by atoms with Crippen molar-refractivity contribution in [1.29, 1.82) is 0 Å². The lowest BCUT2D eigenvalue weighted by molar-refractivity contribution is -0.134. The van der Waals surface area contributed by atoms with E-state index in [2.05, 4.69) is 16.2 Å². The van der Waals surface area contributed by atoms with Crippen molar-refractivity contribution in [3.63, 3.8) is 0 Å². The molecule has 11 heteroatoms. The first kappa shape index (κ1) is 20.1. The number of hydrazone groups is 1. The van der Waals surface area contributed by atoms with Gasteiger partial charge in [-0.25, -0.2) is 19.0 Å². The Bertz CT molecular complexity index is 1010. The van der Waals surface area contributed by atoms with Crippen molar-refractivity contribution in [1.82, 2.24) is 20.3 Å². The summed E-state index contributed by atoms with van der Waals surface area (Å²) in [4.78, 5) is 14.4. The number of hydrogen-bond acceptors (Lipinski definition) is 8. The molecular weight excluding hydrogens is 408 g/mol. The van der Waals surface area contributed by atoms with Crippen molar-refractivity contribution in [3.8, 4) is 5.75 Å². The molecule has 0 atom stereocenters. The Morgan fingerprint density at radius 2 is 1.70 bits per heavy atom. The van der Waals surface area contributed by atoms with E-state index in [0.717, 1.165) is 5.69 Å². The summed E-state index contributed by atoms with van der Waals surface area (Å²) >= 11 is 0. The number of benzene rings is 2. The summed E-state index contributed by atoms with van der Waals surface area (Å²) in [6.07, 6.45) is 1.59. The molecule has 30 heavy (non-hydrogen) atoms. The highest BCUT2D eigenvalue weighted by molar-refractivity contribution is 7.89. The van der Waals surface area contributed by atoms with Gasteiger partial charge < -0.3 is 9.64 Å². The first-order valence-electron chi connectivity index (χ1n) is 9.43. The summed E-state index contributed by atoms with van der Waals surface area (Å²) < 4.78 is 32.4. The van der Waals surface area contributed by atoms with Crippen LogP contribution >= 0.6 is 0 Å². The molecule has 0 aliphatic carbocycles. The van der Waals surface area contributed by atoms with E-state index in [-0.39, 0.29) is 30.5 Å². The van der Waals surface area contributed by atoms with Gasteiger partial charge >= 0.3 is 0 Å². The van der Waals surface area contributed by atoms with Crippen LogP contribution in [0.4, 0.5) is 5.69 Å². The number of amides is 1. The lowest BCUT2D eigenvalue weighted by Gasteiger charge is -2.34. The van der Waals surface area contributed by atoms with Gasteiger partial charge in [0.25, 0.3) is 5.91 Å². The van der Waals surface area contributed by atoms with Gasteiger partial charge in [0.05, 0.1) is 10.6 Å². The lowest BCUT2D eigenvalue weighted by Crippen LogP contribution is -2.51. The fourth-order valence-electron chi connectivity index (χ4n) is 3.19. The number of nitrogens with zero attached hydrogens (tertiary/aromatic N) is 4. The molecule has 1 amide bonds. The topological polar surface area (TPSA) is 107 Å². The quantitative estimate of drug-likeness (QED) is 0.682. The molecule has 2 aromatic carbocycles. The maximum absolute atomic E-state index is 12.7. The Kier molecular flexibility index (Phi) is 5.84. The number of piperazine rings is 1. The van der Waals surface area contributed by atoms with E-state index in [1.165, 1.54) is 4.31 Å². The van der Waals surface area contributed by atoms with Crippen LogP contribution in [0.25, 0.3) is 0 Å². The number of ether oxygens (including phenoxy) is 1. The first-order valence-corrected chi connectivity index (χ1v) is 10.9. The van der Waals surface area contributed by atoms with Crippen LogP contribution in [0.3, 0.4) is 0 Å². The molecule has 2 heterocycles. The number of hydrazine groups is 2. The summed E-state index contributed by atoms with van der Waals surface area (Å²) in [5.41, 5.74) is 6.29. The summed E-state index contributed by atoms with van der Waals surface area (Å²) in [5, 5.41) is 5.52. The fourth-order valence-corrected chi connectivity index (χ4v) is 4.63. The number of carbonyl (C=O) groups excluding carboxylic acids is 1. The van der Waals surface area contributed by atoms with E-state index in [0.29, 0.717) is 18.8 Å². The van der Waals surface area contributed by atoms with E-state index in [1.807, 2.05) is 12.1 Å². The van der Waals surface area contributed by atoms with Gasteiger partial charge in [0, 0.05) is 26.2 Å². The summed E-state index contributed by atoms with van der Waals surface area (Å²) in [6.45, 7) is 1.09. The smallest absolute Gasteiger partial charge is 0.260 e. The fraction of sp³-hybridized carbons (Fsp3) is 0.263. The van der Waals surface area contributed by atoms with Crippen LogP contribution in [0, 0.1) is 0 Å². The summed E-state index contributed by atoms with van der Waals surface area (Å²) in [7, 11) is -3.54. The molecule has 1 saturated heterocycles. The highest BCUT2D eigenvalue weighted by Gasteiger charge is 2.30. The molecule has 1 fully saturated rings. The second kappa shape index (κ2) is 8.69. The maximum atomic E-state index is 12.7. The van der Waals surface area contributed by atoms with Crippen LogP contribution in [0.2, 0.25) is 0 Å². The molecule has 0 saturated carbocycles. The molecule has 0 unspecified atom stereocenters. The number of rotatable bonds is 6. The first-order chi connectivity index (χ1) is 14.5. The standard InChI is InChI=1S/C19H22N6O4S/c26-19(14-29-17-8-6-16(7-9-17)25-15-20-21-22-25)23-10-12-24(13-11-23)30(27,28)18-4-2-1-3-5-18/h1-9,15,21-22H,10-14H2. The number of hydrogen-bond donors (Lipinski definition) is 2. The number of anilines is 1. The van der Waals surface area contributed by atoms with Crippen LogP contribution in [-0.2, 0) is 14.8 Å². The van der Waals surface area contributed by atoms with Gasteiger partial charge in [0.2, 0.25) is 10.0 Å². The third-order valence-electron chi connectivity index (χ3n) is 4.86. The van der Waals surface area contributed by atoms with Crippen molar-refractivity contribution in [3.05, 3.63) is 54.6 Å². The predicted molar refractivity (Wildman–Crippen MR) is 111 cm³/mol. The SMILES string of the molecule is O=C(COc1ccc(N2C=NNN2)cc1)N1CCN(S(=O)(=O)c2ccccc2)CC1. The van der Waals surface area contributed by atoms with Crippen LogP contribution in [-0.4, -0.2) is 62.7 Å². The minimum Gasteiger partial charge on any atom is -0.484 e. The number of carbonyl (C=O) groups is 1. The lowest BCUT2D eigenvalue weighted by atomic mass is 10.3. The van der Waals surface area contributed by atoms with Crippen molar-refractivity contribution in [2.45, 2.75) is 4.90 Å². The monoisotopic (exact) mass is 430 g/mol. The van der Waals surface area contributed by atoms with Crippen LogP contribution in [0.15, 0.2) is 64.6 Å². The van der Waals surface area contributed by atoms with Crippen molar-refractivity contribution in [2.75, 3.05) is 37.8 Å². The molecule has 10 nitrogen and oxygen atoms in total. The molecule has 4 rings (SSSR count). The molecule has 2 aliphatic rings. The average Bonchev–Trinajstić information content (AvgIpc) is 3.33. The zero-order chi connectivity index (χ0) is 21.0. The van der Waals surface area contributed by atoms with E-state index >= 15 is 0 Å². The third-order valence-corrected chi connectivity index (χ3v) is 6.77. The zero-order valence-electron chi connectivity index (χ0n) is 16.1. The summed E-state index contributed by atoms with van der Waals surface area (Å²) in [6, 6.07) is 15.5. The second-order valence-electron chi connectivity index (χ2n) is 6.72. The minimum atomic E-state index is -3.54. The largest absolute Gasteiger partial charge is 0.484 e. The van der Waals surface area contributed by atoms with E-state index in [9.17, 15) is 13.2 Å². The van der Waals surface area contributed by atoms with Gasteiger partial charge in [-0.1, -0.05) is 18.2 Å². The summed E-state index contributed by atoms with van der Waals surface area (Å²) in [5.74, 6) is 0.398. The molecule has 0 bridgehead atoms. The molecule has 2 aromatic rings. The van der Waals surface area contributed by atoms with Gasteiger partial charge in [-0.2, -0.15) is 9.41 Å². The van der Waals surface area contributed by atoms with Gasteiger partial charge in [0.15, 0.2) is 6.61 Å². The van der Waals surface area contributed by atoms with Gasteiger partial charge in [-0.3, -0.25) is 4.79 Å². The molecule has 0 aromatic heterocycles. The molecule has 0 radical (unpaired) electrons. The maximum Gasteiger partial charge on any atom is 0.260 e. The normalized spacial score (nSPS) is 17.1. The van der Waals surface area contributed by atoms with Crippen LogP contribution < -0.4 is 20.8 Å². The van der Waals surface area contributed by atoms with Crippen molar-refractivity contribution >= 4 is 28.0 Å². The van der Waals surface area contributed by atoms with E-state index in [1.54, 1.807) is 58.7 Å². The van der Waals surface area contributed by atoms with Gasteiger partial charge in [0.1, 0.15) is 12.1 Å². The highest BCUT2D eigenvalue weighted by Crippen LogP contribution is 2.19. The van der Waals surface area contributed by atoms with Crippen molar-refractivity contribution in [2.24, 2.45) is 5.10 Å². The van der Waals surface area contributed by atoms with E-state index < -0.39 is 10.0 Å². The van der Waals surface area contributed by atoms with E-state index in [4.69, 9.17) is 4.74 Å². The number of nitrogens with one attached hydrogen (secondary N) is 2. The van der Waals surface area contributed by atoms with Crippen LogP contribution in [0.5, 0.6) is 5.75 Å². The predicted octanol–water partition coefficient (Wildman–Crippen LogP) is 0.371. The minimum absolute atomic E-state index is 0.101. The molecule has 2 N–H and O–H groups in total. The molecule has 0 spiro atoms. The van der Waals surface area contributed by atoms with Gasteiger partial charge in [-0.15, -0.1) is 5.53 Å². The molecule has 158 valence electrons. The van der Waals surface area contributed by atoms with Gasteiger partial charge in [-0.05, 0) is 36.4 Å². The molecular formula is C19H22N6O4S.